The summed E-state index contributed by atoms with van der Waals surface area (Å²) in [5.41, 5.74) is -0.598. The van der Waals surface area contributed by atoms with Crippen molar-refractivity contribution in [3.05, 3.63) is 0 Å². The van der Waals surface area contributed by atoms with Gasteiger partial charge in [-0.1, -0.05) is 64.7 Å². The highest BCUT2D eigenvalue weighted by molar-refractivity contribution is 7.45. The lowest BCUT2D eigenvalue weighted by molar-refractivity contribution is -0.00516. The molecule has 2 atom stereocenters. The Morgan fingerprint density at radius 3 is 1.42 bits per heavy atom. The van der Waals surface area contributed by atoms with Gasteiger partial charge in [0.2, 0.25) is 0 Å². The maximum atomic E-state index is 9.78. The normalized spacial score (nSPS) is 16.3. The lowest BCUT2D eigenvalue weighted by atomic mass is 9.90. The molecule has 0 saturated heterocycles. The summed E-state index contributed by atoms with van der Waals surface area (Å²) in [5.74, 6) is 0. The Morgan fingerprint density at radius 2 is 1.12 bits per heavy atom. The summed E-state index contributed by atoms with van der Waals surface area (Å²) in [6.45, 7) is 8.48. The Bertz CT molecular complexity index is 343. The van der Waals surface area contributed by atoms with Gasteiger partial charge in [-0.3, -0.25) is 0 Å². The van der Waals surface area contributed by atoms with Crippen molar-refractivity contribution in [3.8, 4) is 0 Å². The minimum absolute atomic E-state index is 0.555. The first-order valence-corrected chi connectivity index (χ1v) is 11.4. The molecule has 26 heavy (non-hydrogen) atoms. The van der Waals surface area contributed by atoms with Crippen LogP contribution in [0.1, 0.15) is 91.9 Å². The topological polar surface area (TPSA) is 130 Å². The van der Waals surface area contributed by atoms with E-state index in [2.05, 4.69) is 12.2 Å². The Balaban J connectivity index is 0. The molecular formula is C18H42NO6P. The zero-order valence-electron chi connectivity index (χ0n) is 17.0. The van der Waals surface area contributed by atoms with Gasteiger partial charge < -0.3 is 30.2 Å². The van der Waals surface area contributed by atoms with Crippen LogP contribution in [-0.4, -0.2) is 49.2 Å². The van der Waals surface area contributed by atoms with Crippen LogP contribution >= 0.6 is 7.82 Å². The number of aliphatic hydroxyl groups excluding tert-OH is 2. The molecule has 0 fully saturated rings. The van der Waals surface area contributed by atoms with Crippen molar-refractivity contribution < 1.29 is 29.5 Å². The van der Waals surface area contributed by atoms with E-state index in [-0.39, 0.29) is 0 Å². The van der Waals surface area contributed by atoms with E-state index >= 15 is 0 Å². The summed E-state index contributed by atoms with van der Waals surface area (Å²) in [4.78, 5) is 21.6. The second kappa shape index (κ2) is 16.0. The Labute approximate surface area is 159 Å². The van der Waals surface area contributed by atoms with Gasteiger partial charge in [-0.2, -0.15) is 0 Å². The second-order valence-electron chi connectivity index (χ2n) is 7.26. The van der Waals surface area contributed by atoms with Crippen LogP contribution in [0.15, 0.2) is 0 Å². The lowest BCUT2D eigenvalue weighted by Gasteiger charge is -2.36. The van der Waals surface area contributed by atoms with Crippen molar-refractivity contribution in [2.24, 2.45) is 0 Å². The lowest BCUT2D eigenvalue weighted by Crippen LogP contribution is -2.58. The minimum atomic E-state index is -4.64. The monoisotopic (exact) mass is 399 g/mol. The van der Waals surface area contributed by atoms with Crippen LogP contribution < -0.4 is 5.32 Å². The molecule has 0 aromatic rings. The van der Waals surface area contributed by atoms with Crippen molar-refractivity contribution in [2.45, 2.75) is 110 Å². The van der Waals surface area contributed by atoms with Gasteiger partial charge >= 0.3 is 7.82 Å². The average molecular weight is 400 g/mol. The molecule has 0 aliphatic carbocycles. The van der Waals surface area contributed by atoms with E-state index in [0.29, 0.717) is 0 Å². The molecule has 0 amide bonds. The van der Waals surface area contributed by atoms with Crippen molar-refractivity contribution >= 4 is 7.82 Å². The van der Waals surface area contributed by atoms with Crippen LogP contribution in [0.3, 0.4) is 0 Å². The van der Waals surface area contributed by atoms with Crippen molar-refractivity contribution in [3.63, 3.8) is 0 Å². The minimum Gasteiger partial charge on any atom is -0.391 e. The summed E-state index contributed by atoms with van der Waals surface area (Å²) in [5, 5.41) is 22.9. The number of phosphoric acid groups is 1. The number of nitrogens with one attached hydrogen (secondary N) is 1. The van der Waals surface area contributed by atoms with Crippen molar-refractivity contribution in [1.29, 1.82) is 0 Å². The predicted molar refractivity (Wildman–Crippen MR) is 106 cm³/mol. The Kier molecular flexibility index (Phi) is 17.3. The standard InChI is InChI=1S/C18H39NO2.H3O4P/c1-5-6-7-8-9-10-11-12-13-14-15-19-18(4,16(2)20)17(3)21;1-5(2,3)4/h16-17,19-21H,5-15H2,1-4H3;(H3,1,2,3,4). The number of rotatable bonds is 14. The molecular weight excluding hydrogens is 357 g/mol. The van der Waals surface area contributed by atoms with Crippen LogP contribution in [0.5, 0.6) is 0 Å². The predicted octanol–water partition coefficient (Wildman–Crippen LogP) is 3.09. The molecule has 0 aliphatic rings. The maximum absolute atomic E-state index is 9.78. The van der Waals surface area contributed by atoms with Gasteiger partial charge in [0.1, 0.15) is 0 Å². The molecule has 160 valence electrons. The second-order valence-corrected chi connectivity index (χ2v) is 8.28. The van der Waals surface area contributed by atoms with Crippen molar-refractivity contribution in [1.82, 2.24) is 5.32 Å². The Hall–Kier alpha value is -0.0100. The highest BCUT2D eigenvalue weighted by Gasteiger charge is 2.34. The molecule has 0 saturated carbocycles. The summed E-state index contributed by atoms with van der Waals surface area (Å²) in [7, 11) is -4.64. The third-order valence-corrected chi connectivity index (χ3v) is 4.77. The molecule has 0 radical (unpaired) electrons. The first-order valence-electron chi connectivity index (χ1n) is 9.84. The molecule has 0 aromatic carbocycles. The average Bonchev–Trinajstić information content (AvgIpc) is 2.50. The van der Waals surface area contributed by atoms with E-state index < -0.39 is 25.6 Å². The summed E-state index contributed by atoms with van der Waals surface area (Å²) < 4.78 is 8.88. The number of aliphatic hydroxyl groups is 2. The fourth-order valence-electron chi connectivity index (χ4n) is 2.61. The van der Waals surface area contributed by atoms with Gasteiger partial charge in [-0.25, -0.2) is 4.57 Å². The van der Waals surface area contributed by atoms with Crippen LogP contribution in [0.2, 0.25) is 0 Å². The maximum Gasteiger partial charge on any atom is 0.466 e. The molecule has 0 aliphatic heterocycles. The zero-order chi connectivity index (χ0) is 20.6. The van der Waals surface area contributed by atoms with E-state index in [4.69, 9.17) is 19.2 Å². The number of unbranched alkanes of at least 4 members (excludes halogenated alkanes) is 9. The third kappa shape index (κ3) is 18.8. The fourth-order valence-corrected chi connectivity index (χ4v) is 2.61. The van der Waals surface area contributed by atoms with Gasteiger partial charge in [0.15, 0.2) is 0 Å². The molecule has 8 heteroatoms. The van der Waals surface area contributed by atoms with E-state index in [1.165, 1.54) is 57.8 Å². The van der Waals surface area contributed by atoms with Gasteiger partial charge in [0.05, 0.1) is 17.7 Å². The van der Waals surface area contributed by atoms with Crippen LogP contribution in [-0.2, 0) is 4.57 Å². The number of hydrogen-bond donors (Lipinski definition) is 6. The zero-order valence-corrected chi connectivity index (χ0v) is 17.9. The third-order valence-electron chi connectivity index (χ3n) is 4.77. The summed E-state index contributed by atoms with van der Waals surface area (Å²) >= 11 is 0. The molecule has 0 bridgehead atoms. The largest absolute Gasteiger partial charge is 0.466 e. The molecule has 0 rings (SSSR count). The van der Waals surface area contributed by atoms with Gasteiger partial charge in [0.25, 0.3) is 0 Å². The van der Waals surface area contributed by atoms with Crippen LogP contribution in [0, 0.1) is 0 Å². The van der Waals surface area contributed by atoms with Gasteiger partial charge in [0, 0.05) is 0 Å². The molecule has 0 aromatic heterocycles. The number of hydrogen-bond acceptors (Lipinski definition) is 4. The van der Waals surface area contributed by atoms with Crippen molar-refractivity contribution in [2.75, 3.05) is 6.54 Å². The first-order chi connectivity index (χ1) is 11.9. The van der Waals surface area contributed by atoms with E-state index in [0.717, 1.165) is 13.0 Å². The van der Waals surface area contributed by atoms with E-state index in [1.54, 1.807) is 13.8 Å². The quantitative estimate of drug-likeness (QED) is 0.195. The molecule has 6 N–H and O–H groups in total. The summed E-state index contributed by atoms with van der Waals surface area (Å²) in [6.07, 6.45) is 12.2. The van der Waals surface area contributed by atoms with Gasteiger partial charge in [-0.05, 0) is 33.7 Å². The van der Waals surface area contributed by atoms with Crippen LogP contribution in [0.25, 0.3) is 0 Å². The molecule has 0 heterocycles. The van der Waals surface area contributed by atoms with Crippen LogP contribution in [0.4, 0.5) is 0 Å². The molecule has 0 spiro atoms. The van der Waals surface area contributed by atoms with Gasteiger partial charge in [-0.15, -0.1) is 0 Å². The first kappa shape index (κ1) is 28.2. The fraction of sp³-hybridized carbons (Fsp3) is 1.00. The SMILES string of the molecule is CCCCCCCCCCCCNC(C)(C(C)O)C(C)O.O=P(O)(O)O. The molecule has 7 nitrogen and oxygen atoms in total. The summed E-state index contributed by atoms with van der Waals surface area (Å²) in [6, 6.07) is 0. The highest BCUT2D eigenvalue weighted by Crippen LogP contribution is 2.25. The van der Waals surface area contributed by atoms with E-state index in [9.17, 15) is 10.2 Å². The highest BCUT2D eigenvalue weighted by atomic mass is 31.2. The molecule has 2 unspecified atom stereocenters. The van der Waals surface area contributed by atoms with E-state index in [1.807, 2.05) is 6.92 Å². The Morgan fingerprint density at radius 1 is 0.808 bits per heavy atom. The smallest absolute Gasteiger partial charge is 0.391 e.